The van der Waals surface area contributed by atoms with E-state index in [1.807, 2.05) is 42.1 Å². The molecule has 0 unspecified atom stereocenters. The van der Waals surface area contributed by atoms with Crippen LogP contribution in [0.3, 0.4) is 0 Å². The van der Waals surface area contributed by atoms with Crippen molar-refractivity contribution in [3.8, 4) is 5.75 Å². The fraction of sp³-hybridized carbons (Fsp3) is 0.300. The quantitative estimate of drug-likeness (QED) is 0.693. The van der Waals surface area contributed by atoms with Gasteiger partial charge in [-0.2, -0.15) is 13.2 Å². The Morgan fingerprint density at radius 2 is 2.04 bits per heavy atom. The number of aryl methyl sites for hydroxylation is 1. The minimum absolute atomic E-state index is 0.0236. The zero-order valence-corrected chi connectivity index (χ0v) is 15.5. The van der Waals surface area contributed by atoms with Crippen LogP contribution in [0.2, 0.25) is 0 Å². The molecule has 148 valence electrons. The number of fused-ring (bicyclic) bond motifs is 1. The van der Waals surface area contributed by atoms with E-state index in [1.54, 1.807) is 6.92 Å². The average Bonchev–Trinajstić information content (AvgIpc) is 3.00. The third-order valence-corrected chi connectivity index (χ3v) is 4.30. The number of benzene rings is 1. The van der Waals surface area contributed by atoms with Crippen molar-refractivity contribution < 1.29 is 22.7 Å². The van der Waals surface area contributed by atoms with Crippen molar-refractivity contribution in [2.24, 2.45) is 7.05 Å². The lowest BCUT2D eigenvalue weighted by atomic mass is 10.1. The molecule has 1 N–H and O–H groups in total. The Balaban J connectivity index is 1.57. The molecule has 0 radical (unpaired) electrons. The number of rotatable bonds is 6. The van der Waals surface area contributed by atoms with Gasteiger partial charge in [0.15, 0.2) is 6.61 Å². The van der Waals surface area contributed by atoms with Gasteiger partial charge in [0, 0.05) is 18.8 Å². The molecule has 0 fully saturated rings. The molecule has 2 aromatic heterocycles. The zero-order chi connectivity index (χ0) is 20.3. The smallest absolute Gasteiger partial charge is 0.422 e. The number of carbonyl (C=O) groups is 1. The number of carbonyl (C=O) groups excluding carboxylic acids is 1. The van der Waals surface area contributed by atoms with Gasteiger partial charge in [-0.05, 0) is 42.1 Å². The van der Waals surface area contributed by atoms with Gasteiger partial charge in [-0.1, -0.05) is 12.1 Å². The molecule has 0 bridgehead atoms. The highest BCUT2D eigenvalue weighted by Gasteiger charge is 2.28. The van der Waals surface area contributed by atoms with Crippen LogP contribution in [0, 0.1) is 0 Å². The van der Waals surface area contributed by atoms with Crippen LogP contribution in [0.15, 0.2) is 48.8 Å². The highest BCUT2D eigenvalue weighted by Crippen LogP contribution is 2.20. The maximum atomic E-state index is 12.3. The third kappa shape index (κ3) is 5.03. The number of hydrogen-bond acceptors (Lipinski definition) is 3. The summed E-state index contributed by atoms with van der Waals surface area (Å²) in [4.78, 5) is 16.4. The van der Waals surface area contributed by atoms with E-state index < -0.39 is 12.8 Å². The molecule has 0 aliphatic carbocycles. The normalized spacial score (nSPS) is 12.8. The minimum Gasteiger partial charge on any atom is -0.483 e. The molecule has 0 aliphatic rings. The van der Waals surface area contributed by atoms with Crippen molar-refractivity contribution in [2.45, 2.75) is 25.6 Å². The van der Waals surface area contributed by atoms with Gasteiger partial charge in [0.05, 0.1) is 24.4 Å². The number of amides is 1. The molecule has 1 aromatic carbocycles. The second-order valence-electron chi connectivity index (χ2n) is 6.61. The van der Waals surface area contributed by atoms with E-state index in [0.29, 0.717) is 5.69 Å². The first kappa shape index (κ1) is 19.7. The van der Waals surface area contributed by atoms with Gasteiger partial charge in [-0.25, -0.2) is 0 Å². The first-order valence-corrected chi connectivity index (χ1v) is 8.70. The van der Waals surface area contributed by atoms with E-state index in [1.165, 1.54) is 18.3 Å². The van der Waals surface area contributed by atoms with Crippen molar-refractivity contribution in [1.29, 1.82) is 0 Å². The molecule has 0 saturated heterocycles. The second kappa shape index (κ2) is 7.92. The number of halogens is 3. The Labute approximate surface area is 160 Å². The van der Waals surface area contributed by atoms with Crippen LogP contribution in [-0.2, 0) is 18.3 Å². The van der Waals surface area contributed by atoms with E-state index in [0.717, 1.165) is 16.5 Å². The Morgan fingerprint density at radius 3 is 2.71 bits per heavy atom. The topological polar surface area (TPSA) is 56.2 Å². The van der Waals surface area contributed by atoms with Crippen LogP contribution >= 0.6 is 0 Å². The first-order chi connectivity index (χ1) is 13.2. The van der Waals surface area contributed by atoms with E-state index in [2.05, 4.69) is 15.0 Å². The molecule has 1 atom stereocenters. The highest BCUT2D eigenvalue weighted by atomic mass is 19.4. The van der Waals surface area contributed by atoms with Gasteiger partial charge in [-0.15, -0.1) is 0 Å². The lowest BCUT2D eigenvalue weighted by molar-refractivity contribution is -0.153. The van der Waals surface area contributed by atoms with E-state index in [4.69, 9.17) is 0 Å². The van der Waals surface area contributed by atoms with Crippen LogP contribution in [0.1, 0.15) is 24.2 Å². The number of alkyl halides is 3. The summed E-state index contributed by atoms with van der Waals surface area (Å²) in [6, 6.07) is 10.4. The summed E-state index contributed by atoms with van der Waals surface area (Å²) in [6.45, 7) is 0.392. The zero-order valence-electron chi connectivity index (χ0n) is 15.5. The number of hydrogen-bond donors (Lipinski definition) is 1. The molecule has 3 rings (SSSR count). The van der Waals surface area contributed by atoms with Gasteiger partial charge < -0.3 is 14.6 Å². The third-order valence-electron chi connectivity index (χ3n) is 4.30. The lowest BCUT2D eigenvalue weighted by Gasteiger charge is -2.14. The monoisotopic (exact) mass is 391 g/mol. The molecular weight excluding hydrogens is 371 g/mol. The summed E-state index contributed by atoms with van der Waals surface area (Å²) in [5, 5.41) is 3.96. The molecule has 1 amide bonds. The molecule has 5 nitrogen and oxygen atoms in total. The van der Waals surface area contributed by atoms with Crippen LogP contribution in [0.25, 0.3) is 10.9 Å². The molecule has 0 aliphatic heterocycles. The minimum atomic E-state index is -4.40. The predicted octanol–water partition coefficient (Wildman–Crippen LogP) is 3.93. The number of nitrogens with one attached hydrogen (secondary N) is 1. The van der Waals surface area contributed by atoms with Crippen LogP contribution in [0.4, 0.5) is 13.2 Å². The van der Waals surface area contributed by atoms with Crippen molar-refractivity contribution in [2.75, 3.05) is 6.61 Å². The fourth-order valence-corrected chi connectivity index (χ4v) is 2.87. The number of pyridine rings is 1. The van der Waals surface area contributed by atoms with E-state index in [-0.39, 0.29) is 24.1 Å². The summed E-state index contributed by atoms with van der Waals surface area (Å²) in [7, 11) is 1.95. The Bertz CT molecular complexity index is 965. The standard InChI is InChI=1S/C20H20F3N3O2/c1-13(17-6-5-16(11-24-17)28-12-20(21,22)23)25-19(27)10-14-3-4-15-7-8-26(2)18(15)9-14/h3-9,11,13H,10,12H2,1-2H3,(H,25,27)/t13-/m1/s1. The van der Waals surface area contributed by atoms with E-state index in [9.17, 15) is 18.0 Å². The summed E-state index contributed by atoms with van der Waals surface area (Å²) < 4.78 is 43.1. The number of ether oxygens (including phenoxy) is 1. The van der Waals surface area contributed by atoms with Crippen molar-refractivity contribution in [3.05, 3.63) is 60.0 Å². The van der Waals surface area contributed by atoms with Gasteiger partial charge in [-0.3, -0.25) is 9.78 Å². The van der Waals surface area contributed by atoms with Crippen LogP contribution in [0.5, 0.6) is 5.75 Å². The SMILES string of the molecule is C[C@@H](NC(=O)Cc1ccc2ccn(C)c2c1)c1ccc(OCC(F)(F)F)cn1. The maximum absolute atomic E-state index is 12.3. The summed E-state index contributed by atoms with van der Waals surface area (Å²) in [5.74, 6) is -0.143. The Kier molecular flexibility index (Phi) is 5.58. The number of aromatic nitrogens is 2. The molecule has 2 heterocycles. The largest absolute Gasteiger partial charge is 0.483 e. The fourth-order valence-electron chi connectivity index (χ4n) is 2.87. The maximum Gasteiger partial charge on any atom is 0.422 e. The Morgan fingerprint density at radius 1 is 1.25 bits per heavy atom. The van der Waals surface area contributed by atoms with Crippen LogP contribution < -0.4 is 10.1 Å². The van der Waals surface area contributed by atoms with E-state index >= 15 is 0 Å². The van der Waals surface area contributed by atoms with Gasteiger partial charge in [0.2, 0.25) is 5.91 Å². The van der Waals surface area contributed by atoms with Gasteiger partial charge in [0.1, 0.15) is 5.75 Å². The molecule has 0 spiro atoms. The predicted molar refractivity (Wildman–Crippen MR) is 99.0 cm³/mol. The molecule has 0 saturated carbocycles. The molecule has 28 heavy (non-hydrogen) atoms. The second-order valence-corrected chi connectivity index (χ2v) is 6.61. The first-order valence-electron chi connectivity index (χ1n) is 8.70. The highest BCUT2D eigenvalue weighted by molar-refractivity contribution is 5.84. The van der Waals surface area contributed by atoms with Crippen LogP contribution in [-0.4, -0.2) is 28.2 Å². The molecular formula is C20H20F3N3O2. The van der Waals surface area contributed by atoms with Gasteiger partial charge in [0.25, 0.3) is 0 Å². The lowest BCUT2D eigenvalue weighted by Crippen LogP contribution is -2.28. The van der Waals surface area contributed by atoms with Crippen molar-refractivity contribution in [1.82, 2.24) is 14.9 Å². The molecule has 3 aromatic rings. The summed E-state index contributed by atoms with van der Waals surface area (Å²) in [6.07, 6.45) is -1.00. The average molecular weight is 391 g/mol. The Hall–Kier alpha value is -3.03. The molecule has 8 heteroatoms. The number of nitrogens with zero attached hydrogens (tertiary/aromatic N) is 2. The van der Waals surface area contributed by atoms with Crippen molar-refractivity contribution >= 4 is 16.8 Å². The summed E-state index contributed by atoms with van der Waals surface area (Å²) in [5.41, 5.74) is 2.47. The van der Waals surface area contributed by atoms with Crippen molar-refractivity contribution in [3.63, 3.8) is 0 Å². The summed E-state index contributed by atoms with van der Waals surface area (Å²) >= 11 is 0. The van der Waals surface area contributed by atoms with Gasteiger partial charge >= 0.3 is 6.18 Å².